The summed E-state index contributed by atoms with van der Waals surface area (Å²) in [6.07, 6.45) is 2.76. The van der Waals surface area contributed by atoms with Gasteiger partial charge in [0.2, 0.25) is 0 Å². The van der Waals surface area contributed by atoms with Gasteiger partial charge in [-0.15, -0.1) is 11.3 Å². The Morgan fingerprint density at radius 1 is 1.07 bits per heavy atom. The summed E-state index contributed by atoms with van der Waals surface area (Å²) in [5.41, 5.74) is 12.0. The fraction of sp³-hybridized carbons (Fsp3) is 0.286. The monoisotopic (exact) mass is 406 g/mol. The number of rotatable bonds is 4. The number of aliphatic imine (C=N–C) groups is 1. The first-order valence-corrected chi connectivity index (χ1v) is 10.6. The van der Waals surface area contributed by atoms with Crippen molar-refractivity contribution in [1.29, 1.82) is 0 Å². The van der Waals surface area contributed by atoms with Crippen LogP contribution in [0, 0.1) is 0 Å². The Hall–Kier alpha value is -2.97. The lowest BCUT2D eigenvalue weighted by Gasteiger charge is -2.29. The van der Waals surface area contributed by atoms with Crippen LogP contribution in [0.3, 0.4) is 0 Å². The molecule has 7 nitrogen and oxygen atoms in total. The minimum absolute atomic E-state index is 0.550. The van der Waals surface area contributed by atoms with Crippen molar-refractivity contribution in [3.8, 4) is 11.4 Å². The predicted molar refractivity (Wildman–Crippen MR) is 118 cm³/mol. The lowest BCUT2D eigenvalue weighted by Crippen LogP contribution is -2.36. The van der Waals surface area contributed by atoms with Crippen molar-refractivity contribution in [1.82, 2.24) is 9.97 Å². The molecule has 0 bridgehead atoms. The molecular formula is C21H22N6OS. The molecule has 0 aliphatic carbocycles. The maximum atomic E-state index is 5.82. The van der Waals surface area contributed by atoms with E-state index in [1.807, 2.05) is 11.6 Å². The number of aromatic nitrogens is 2. The number of nitrogens with one attached hydrogen (secondary N) is 1. The van der Waals surface area contributed by atoms with E-state index in [2.05, 4.69) is 50.5 Å². The van der Waals surface area contributed by atoms with E-state index in [4.69, 9.17) is 15.5 Å². The van der Waals surface area contributed by atoms with Gasteiger partial charge in [-0.2, -0.15) is 0 Å². The van der Waals surface area contributed by atoms with Gasteiger partial charge in [-0.3, -0.25) is 4.99 Å². The van der Waals surface area contributed by atoms with Gasteiger partial charge in [0.15, 0.2) is 5.13 Å². The molecule has 5 rings (SSSR count). The van der Waals surface area contributed by atoms with Crippen LogP contribution in [0.2, 0.25) is 0 Å². The van der Waals surface area contributed by atoms with Crippen molar-refractivity contribution in [3.05, 3.63) is 46.8 Å². The molecule has 0 saturated carbocycles. The van der Waals surface area contributed by atoms with Gasteiger partial charge in [0.1, 0.15) is 11.5 Å². The van der Waals surface area contributed by atoms with Gasteiger partial charge < -0.3 is 20.7 Å². The molecule has 3 aromatic rings. The molecule has 0 spiro atoms. The van der Waals surface area contributed by atoms with Crippen LogP contribution in [-0.2, 0) is 17.7 Å². The number of anilines is 4. The molecule has 2 aliphatic rings. The summed E-state index contributed by atoms with van der Waals surface area (Å²) in [5, 5.41) is 5.99. The third-order valence-electron chi connectivity index (χ3n) is 5.20. The largest absolute Gasteiger partial charge is 0.378 e. The van der Waals surface area contributed by atoms with Crippen molar-refractivity contribution in [2.24, 2.45) is 4.99 Å². The molecule has 0 radical (unpaired) electrons. The molecule has 4 heterocycles. The molecule has 1 saturated heterocycles. The first-order valence-electron chi connectivity index (χ1n) is 9.68. The molecule has 3 N–H and O–H groups in total. The van der Waals surface area contributed by atoms with Gasteiger partial charge in [-0.25, -0.2) is 9.97 Å². The first-order chi connectivity index (χ1) is 14.3. The Kier molecular flexibility index (Phi) is 4.87. The lowest BCUT2D eigenvalue weighted by atomic mass is 10.0. The number of ether oxygens (including phenoxy) is 1. The van der Waals surface area contributed by atoms with Gasteiger partial charge in [0.25, 0.3) is 0 Å². The number of pyridine rings is 1. The van der Waals surface area contributed by atoms with E-state index in [0.29, 0.717) is 11.7 Å². The van der Waals surface area contributed by atoms with Crippen molar-refractivity contribution in [3.63, 3.8) is 0 Å². The number of nitrogens with zero attached hydrogens (tertiary/aromatic N) is 4. The average molecular weight is 407 g/mol. The van der Waals surface area contributed by atoms with Crippen LogP contribution in [0.25, 0.3) is 11.4 Å². The Labute approximate surface area is 173 Å². The summed E-state index contributed by atoms with van der Waals surface area (Å²) in [6, 6.07) is 10.6. The van der Waals surface area contributed by atoms with E-state index >= 15 is 0 Å². The van der Waals surface area contributed by atoms with Crippen molar-refractivity contribution in [2.45, 2.75) is 13.0 Å². The van der Waals surface area contributed by atoms with E-state index in [-0.39, 0.29) is 0 Å². The number of benzene rings is 1. The van der Waals surface area contributed by atoms with Crippen LogP contribution in [-0.4, -0.2) is 42.5 Å². The van der Waals surface area contributed by atoms with Gasteiger partial charge in [0, 0.05) is 48.0 Å². The van der Waals surface area contributed by atoms with Crippen LogP contribution in [0.5, 0.6) is 0 Å². The zero-order valence-corrected chi connectivity index (χ0v) is 16.8. The minimum atomic E-state index is 0.550. The molecule has 148 valence electrons. The molecule has 8 heteroatoms. The van der Waals surface area contributed by atoms with E-state index < -0.39 is 0 Å². The maximum Gasteiger partial charge on any atom is 0.180 e. The van der Waals surface area contributed by atoms with Crippen LogP contribution < -0.4 is 16.0 Å². The van der Waals surface area contributed by atoms with Crippen LogP contribution >= 0.6 is 11.3 Å². The second-order valence-corrected chi connectivity index (χ2v) is 7.95. The van der Waals surface area contributed by atoms with Crippen molar-refractivity contribution in [2.75, 3.05) is 42.3 Å². The third kappa shape index (κ3) is 3.81. The normalized spacial score (nSPS) is 15.9. The smallest absolute Gasteiger partial charge is 0.180 e. The molecule has 2 aromatic heterocycles. The number of fused-ring (bicyclic) bond motifs is 1. The Morgan fingerprint density at radius 2 is 1.90 bits per heavy atom. The number of thiazole rings is 1. The number of nitrogens with two attached hydrogens (primary N) is 1. The molecule has 2 aliphatic heterocycles. The lowest BCUT2D eigenvalue weighted by molar-refractivity contribution is 0.122. The molecule has 1 fully saturated rings. The molecule has 0 amide bonds. The quantitative estimate of drug-likeness (QED) is 0.689. The van der Waals surface area contributed by atoms with E-state index in [1.165, 1.54) is 22.6 Å². The third-order valence-corrected chi connectivity index (χ3v) is 5.87. The van der Waals surface area contributed by atoms with Crippen molar-refractivity contribution < 1.29 is 4.74 Å². The number of morpholine rings is 1. The SMILES string of the molecule is Nc1nc(-c2cc3c(c(Nc4ccc(N5CCOCC5)cc4)n2)CN=CC3)cs1. The Morgan fingerprint density at radius 3 is 2.66 bits per heavy atom. The first kappa shape index (κ1) is 18.1. The van der Waals surface area contributed by atoms with Gasteiger partial charge in [-0.1, -0.05) is 0 Å². The molecule has 29 heavy (non-hydrogen) atoms. The highest BCUT2D eigenvalue weighted by Crippen LogP contribution is 2.31. The summed E-state index contributed by atoms with van der Waals surface area (Å²) < 4.78 is 5.44. The van der Waals surface area contributed by atoms with Crippen molar-refractivity contribution >= 4 is 39.9 Å². The van der Waals surface area contributed by atoms with Gasteiger partial charge >= 0.3 is 0 Å². The van der Waals surface area contributed by atoms with E-state index in [0.717, 1.165) is 61.2 Å². The Bertz CT molecular complexity index is 1040. The second kappa shape index (κ2) is 7.81. The maximum absolute atomic E-state index is 5.82. The summed E-state index contributed by atoms with van der Waals surface area (Å²) in [7, 11) is 0. The summed E-state index contributed by atoms with van der Waals surface area (Å²) in [4.78, 5) is 16.0. The number of nitrogen functional groups attached to an aromatic ring is 1. The summed E-state index contributed by atoms with van der Waals surface area (Å²) in [5.74, 6) is 0.833. The fourth-order valence-corrected chi connectivity index (χ4v) is 4.21. The zero-order valence-electron chi connectivity index (χ0n) is 16.0. The standard InChI is InChI=1S/C21H22N6OS/c22-21-26-19(13-29-21)18-11-14-5-6-23-12-17(14)20(25-18)24-15-1-3-16(4-2-15)27-7-9-28-10-8-27/h1-4,6,11,13H,5,7-10,12H2,(H2,22,26)(H,24,25). The highest BCUT2D eigenvalue weighted by molar-refractivity contribution is 7.13. The van der Waals surface area contributed by atoms with Crippen LogP contribution in [0.1, 0.15) is 11.1 Å². The topological polar surface area (TPSA) is 88.7 Å². The molecular weight excluding hydrogens is 384 g/mol. The minimum Gasteiger partial charge on any atom is -0.378 e. The number of hydrogen-bond donors (Lipinski definition) is 2. The van der Waals surface area contributed by atoms with Crippen LogP contribution in [0.15, 0.2) is 40.7 Å². The Balaban J connectivity index is 1.44. The van der Waals surface area contributed by atoms with Gasteiger partial charge in [-0.05, 0) is 35.9 Å². The molecule has 1 aromatic carbocycles. The molecule has 0 atom stereocenters. The number of hydrogen-bond acceptors (Lipinski definition) is 8. The van der Waals surface area contributed by atoms with Crippen LogP contribution in [0.4, 0.5) is 22.3 Å². The summed E-state index contributed by atoms with van der Waals surface area (Å²) >= 11 is 1.43. The van der Waals surface area contributed by atoms with E-state index in [9.17, 15) is 0 Å². The molecule has 0 unspecified atom stereocenters. The summed E-state index contributed by atoms with van der Waals surface area (Å²) in [6.45, 7) is 4.06. The zero-order chi connectivity index (χ0) is 19.6. The predicted octanol–water partition coefficient (Wildman–Crippen LogP) is 3.49. The highest BCUT2D eigenvalue weighted by atomic mass is 32.1. The average Bonchev–Trinajstić information content (AvgIpc) is 3.21. The van der Waals surface area contributed by atoms with Gasteiger partial charge in [0.05, 0.1) is 25.5 Å². The highest BCUT2D eigenvalue weighted by Gasteiger charge is 2.17. The van der Waals surface area contributed by atoms with E-state index in [1.54, 1.807) is 0 Å². The second-order valence-electron chi connectivity index (χ2n) is 7.06. The fourth-order valence-electron chi connectivity index (χ4n) is 3.66.